The molecule has 0 radical (unpaired) electrons. The van der Waals surface area contributed by atoms with E-state index < -0.39 is 0 Å². The SMILES string of the molecule is CCNc1nc(N(CCCO)C2CCC2)c(Cl)cc1Cl. The van der Waals surface area contributed by atoms with Crippen molar-refractivity contribution < 1.29 is 5.11 Å². The number of nitrogens with zero attached hydrogens (tertiary/aromatic N) is 2. The molecule has 2 N–H and O–H groups in total. The first-order chi connectivity index (χ1) is 9.67. The van der Waals surface area contributed by atoms with Crippen molar-refractivity contribution in [2.24, 2.45) is 0 Å². The van der Waals surface area contributed by atoms with Crippen LogP contribution in [0.3, 0.4) is 0 Å². The van der Waals surface area contributed by atoms with E-state index in [9.17, 15) is 0 Å². The van der Waals surface area contributed by atoms with Crippen molar-refractivity contribution in [3.05, 3.63) is 16.1 Å². The number of halogens is 2. The highest BCUT2D eigenvalue weighted by atomic mass is 35.5. The van der Waals surface area contributed by atoms with Crippen LogP contribution in [0.15, 0.2) is 6.07 Å². The zero-order valence-electron chi connectivity index (χ0n) is 11.7. The zero-order valence-corrected chi connectivity index (χ0v) is 13.2. The van der Waals surface area contributed by atoms with Gasteiger partial charge in [-0.2, -0.15) is 0 Å². The molecule has 0 bridgehead atoms. The van der Waals surface area contributed by atoms with Gasteiger partial charge in [-0.3, -0.25) is 0 Å². The maximum atomic E-state index is 9.07. The van der Waals surface area contributed by atoms with E-state index >= 15 is 0 Å². The van der Waals surface area contributed by atoms with Crippen LogP contribution in [-0.4, -0.2) is 35.8 Å². The minimum absolute atomic E-state index is 0.175. The number of anilines is 2. The third-order valence-corrected chi connectivity index (χ3v) is 4.17. The van der Waals surface area contributed by atoms with Gasteiger partial charge in [0.1, 0.15) is 11.6 Å². The van der Waals surface area contributed by atoms with Gasteiger partial charge in [-0.1, -0.05) is 23.2 Å². The summed E-state index contributed by atoms with van der Waals surface area (Å²) in [7, 11) is 0. The highest BCUT2D eigenvalue weighted by Gasteiger charge is 2.27. The van der Waals surface area contributed by atoms with E-state index in [0.29, 0.717) is 28.3 Å². The van der Waals surface area contributed by atoms with Crippen LogP contribution in [0.1, 0.15) is 32.6 Å². The minimum Gasteiger partial charge on any atom is -0.396 e. The van der Waals surface area contributed by atoms with Crippen LogP contribution >= 0.6 is 23.2 Å². The van der Waals surface area contributed by atoms with E-state index in [2.05, 4.69) is 15.2 Å². The largest absolute Gasteiger partial charge is 0.396 e. The highest BCUT2D eigenvalue weighted by molar-refractivity contribution is 6.37. The number of aromatic nitrogens is 1. The van der Waals surface area contributed by atoms with Crippen LogP contribution in [0.25, 0.3) is 0 Å². The van der Waals surface area contributed by atoms with Gasteiger partial charge in [0.2, 0.25) is 0 Å². The average molecular weight is 318 g/mol. The molecule has 0 spiro atoms. The van der Waals surface area contributed by atoms with Crippen LogP contribution in [0.4, 0.5) is 11.6 Å². The molecule has 4 nitrogen and oxygen atoms in total. The van der Waals surface area contributed by atoms with Gasteiger partial charge in [0.25, 0.3) is 0 Å². The lowest BCUT2D eigenvalue weighted by atomic mass is 9.91. The Labute approximate surface area is 130 Å². The van der Waals surface area contributed by atoms with E-state index in [4.69, 9.17) is 28.3 Å². The summed E-state index contributed by atoms with van der Waals surface area (Å²) in [5, 5.41) is 13.3. The molecule has 1 aromatic heterocycles. The fourth-order valence-electron chi connectivity index (χ4n) is 2.35. The summed E-state index contributed by atoms with van der Waals surface area (Å²) < 4.78 is 0. The summed E-state index contributed by atoms with van der Waals surface area (Å²) in [5.41, 5.74) is 0. The molecule has 6 heteroatoms. The lowest BCUT2D eigenvalue weighted by Crippen LogP contribution is -2.41. The van der Waals surface area contributed by atoms with Crippen LogP contribution in [0.5, 0.6) is 0 Å². The summed E-state index contributed by atoms with van der Waals surface area (Å²) in [4.78, 5) is 6.79. The summed E-state index contributed by atoms with van der Waals surface area (Å²) in [6.07, 6.45) is 4.27. The molecule has 0 unspecified atom stereocenters. The molecule has 2 rings (SSSR count). The maximum absolute atomic E-state index is 9.07. The van der Waals surface area contributed by atoms with Crippen molar-refractivity contribution in [3.63, 3.8) is 0 Å². The van der Waals surface area contributed by atoms with Crippen molar-refractivity contribution in [2.45, 2.75) is 38.6 Å². The minimum atomic E-state index is 0.175. The molecule has 1 aliphatic rings. The van der Waals surface area contributed by atoms with Gasteiger partial charge < -0.3 is 15.3 Å². The molecule has 0 amide bonds. The molecule has 1 fully saturated rings. The number of aliphatic hydroxyl groups is 1. The molecule has 1 aliphatic carbocycles. The highest BCUT2D eigenvalue weighted by Crippen LogP contribution is 2.36. The number of pyridine rings is 1. The molecule has 0 aliphatic heterocycles. The molecule has 1 aromatic rings. The summed E-state index contributed by atoms with van der Waals surface area (Å²) in [6, 6.07) is 2.22. The first-order valence-electron chi connectivity index (χ1n) is 7.14. The Balaban J connectivity index is 2.28. The summed E-state index contributed by atoms with van der Waals surface area (Å²) in [5.74, 6) is 1.44. The second kappa shape index (κ2) is 7.34. The number of hydrogen-bond donors (Lipinski definition) is 2. The van der Waals surface area contributed by atoms with E-state index in [1.165, 1.54) is 6.42 Å². The van der Waals surface area contributed by atoms with E-state index in [0.717, 1.165) is 31.7 Å². The Morgan fingerprint density at radius 3 is 2.70 bits per heavy atom. The number of hydrogen-bond acceptors (Lipinski definition) is 4. The molecule has 0 atom stereocenters. The fraction of sp³-hybridized carbons (Fsp3) is 0.643. The smallest absolute Gasteiger partial charge is 0.150 e. The third kappa shape index (κ3) is 3.48. The Kier molecular flexibility index (Phi) is 5.75. The second-order valence-electron chi connectivity index (χ2n) is 5.01. The zero-order chi connectivity index (χ0) is 14.5. The topological polar surface area (TPSA) is 48.4 Å². The fourth-order valence-corrected chi connectivity index (χ4v) is 2.88. The Bertz CT molecular complexity index is 452. The summed E-state index contributed by atoms with van der Waals surface area (Å²) in [6.45, 7) is 3.70. The van der Waals surface area contributed by atoms with Crippen molar-refractivity contribution >= 4 is 34.8 Å². The molecule has 1 heterocycles. The van der Waals surface area contributed by atoms with Crippen molar-refractivity contribution in [1.29, 1.82) is 0 Å². The van der Waals surface area contributed by atoms with Crippen molar-refractivity contribution in [2.75, 3.05) is 29.9 Å². The predicted molar refractivity (Wildman–Crippen MR) is 85.1 cm³/mol. The normalized spacial score (nSPS) is 15.0. The lowest BCUT2D eigenvalue weighted by molar-refractivity contribution is 0.282. The van der Waals surface area contributed by atoms with Gasteiger partial charge in [-0.05, 0) is 38.7 Å². The van der Waals surface area contributed by atoms with E-state index in [1.54, 1.807) is 6.07 Å². The number of rotatable bonds is 7. The number of nitrogens with one attached hydrogen (secondary N) is 1. The average Bonchev–Trinajstić information content (AvgIpc) is 2.36. The quantitative estimate of drug-likeness (QED) is 0.807. The Morgan fingerprint density at radius 2 is 2.15 bits per heavy atom. The molecule has 0 aromatic carbocycles. The van der Waals surface area contributed by atoms with Crippen LogP contribution < -0.4 is 10.2 Å². The van der Waals surface area contributed by atoms with Crippen molar-refractivity contribution in [3.8, 4) is 0 Å². The monoisotopic (exact) mass is 317 g/mol. The molecule has 20 heavy (non-hydrogen) atoms. The van der Waals surface area contributed by atoms with Gasteiger partial charge >= 0.3 is 0 Å². The van der Waals surface area contributed by atoms with E-state index in [1.807, 2.05) is 6.92 Å². The second-order valence-corrected chi connectivity index (χ2v) is 5.82. The van der Waals surface area contributed by atoms with Gasteiger partial charge in [0.15, 0.2) is 0 Å². The lowest BCUT2D eigenvalue weighted by Gasteiger charge is -2.39. The summed E-state index contributed by atoms with van der Waals surface area (Å²) >= 11 is 12.5. The van der Waals surface area contributed by atoms with Gasteiger partial charge in [-0.15, -0.1) is 0 Å². The van der Waals surface area contributed by atoms with Gasteiger partial charge in [0.05, 0.1) is 10.0 Å². The molecule has 112 valence electrons. The standard InChI is InChI=1S/C14H21Cl2N3O/c1-2-17-13-11(15)9-12(16)14(18-13)19(7-4-8-20)10-5-3-6-10/h9-10,20H,2-8H2,1H3,(H,17,18). The Hall–Kier alpha value is -0.710. The molecular weight excluding hydrogens is 297 g/mol. The van der Waals surface area contributed by atoms with Gasteiger partial charge in [0, 0.05) is 25.7 Å². The molecule has 1 saturated carbocycles. The third-order valence-electron chi connectivity index (χ3n) is 3.60. The molecular formula is C14H21Cl2N3O. The van der Waals surface area contributed by atoms with Crippen LogP contribution in [0.2, 0.25) is 10.0 Å². The van der Waals surface area contributed by atoms with Crippen LogP contribution in [-0.2, 0) is 0 Å². The van der Waals surface area contributed by atoms with Crippen LogP contribution in [0, 0.1) is 0 Å². The predicted octanol–water partition coefficient (Wildman–Crippen LogP) is 3.56. The van der Waals surface area contributed by atoms with Crippen molar-refractivity contribution in [1.82, 2.24) is 4.98 Å². The van der Waals surface area contributed by atoms with E-state index in [-0.39, 0.29) is 6.61 Å². The first-order valence-corrected chi connectivity index (χ1v) is 7.90. The maximum Gasteiger partial charge on any atom is 0.150 e. The Morgan fingerprint density at radius 1 is 1.40 bits per heavy atom. The number of aliphatic hydroxyl groups excluding tert-OH is 1. The van der Waals surface area contributed by atoms with Gasteiger partial charge in [-0.25, -0.2) is 4.98 Å². The molecule has 0 saturated heterocycles. The first kappa shape index (κ1) is 15.7.